The molecule has 1 aliphatic rings. The largest absolute Gasteiger partial charge is 0.467 e. The van der Waals surface area contributed by atoms with Crippen LogP contribution >= 0.6 is 0 Å². The van der Waals surface area contributed by atoms with Gasteiger partial charge in [0.05, 0.1) is 25.3 Å². The van der Waals surface area contributed by atoms with Gasteiger partial charge in [0.2, 0.25) is 0 Å². The Balaban J connectivity index is 2.27. The molecule has 0 spiro atoms. The van der Waals surface area contributed by atoms with E-state index in [1.165, 1.54) is 7.11 Å². The molecule has 2 aromatic rings. The van der Waals surface area contributed by atoms with Crippen molar-refractivity contribution in [3.63, 3.8) is 0 Å². The number of rotatable bonds is 5. The molecular weight excluding hydrogens is 342 g/mol. The van der Waals surface area contributed by atoms with Crippen LogP contribution in [0.5, 0.6) is 0 Å². The zero-order valence-electron chi connectivity index (χ0n) is 15.7. The Morgan fingerprint density at radius 3 is 2.19 bits per heavy atom. The average Bonchev–Trinajstić information content (AvgIpc) is 3.03. The quantitative estimate of drug-likeness (QED) is 0.824. The molecule has 0 aliphatic carbocycles. The summed E-state index contributed by atoms with van der Waals surface area (Å²) in [6.07, 6.45) is 0. The lowest BCUT2D eigenvalue weighted by Crippen LogP contribution is -2.48. The number of hydrogen-bond acceptors (Lipinski definition) is 5. The van der Waals surface area contributed by atoms with E-state index in [-0.39, 0.29) is 6.61 Å². The van der Waals surface area contributed by atoms with Gasteiger partial charge in [-0.1, -0.05) is 60.7 Å². The van der Waals surface area contributed by atoms with Crippen LogP contribution in [-0.4, -0.2) is 31.2 Å². The van der Waals surface area contributed by atoms with Crippen molar-refractivity contribution < 1.29 is 19.1 Å². The van der Waals surface area contributed by atoms with Gasteiger partial charge in [0.25, 0.3) is 0 Å². The molecule has 140 valence electrons. The second kappa shape index (κ2) is 7.76. The van der Waals surface area contributed by atoms with Crippen molar-refractivity contribution in [2.45, 2.75) is 25.4 Å². The van der Waals surface area contributed by atoms with Gasteiger partial charge in [-0.15, -0.1) is 0 Å². The van der Waals surface area contributed by atoms with E-state index >= 15 is 0 Å². The molecule has 2 aromatic carbocycles. The van der Waals surface area contributed by atoms with Gasteiger partial charge in [0.15, 0.2) is 0 Å². The Bertz CT molecular complexity index is 860. The maximum atomic E-state index is 12.9. The summed E-state index contributed by atoms with van der Waals surface area (Å²) in [6, 6.07) is 18.5. The maximum absolute atomic E-state index is 12.9. The van der Waals surface area contributed by atoms with Crippen molar-refractivity contribution in [1.82, 2.24) is 5.32 Å². The Morgan fingerprint density at radius 1 is 1.04 bits per heavy atom. The van der Waals surface area contributed by atoms with Crippen molar-refractivity contribution in [3.8, 4) is 0 Å². The summed E-state index contributed by atoms with van der Waals surface area (Å²) in [4.78, 5) is 25.7. The predicted octanol–water partition coefficient (Wildman–Crippen LogP) is 3.28. The maximum Gasteiger partial charge on any atom is 0.336 e. The first kappa shape index (κ1) is 18.9. The molecule has 5 heteroatoms. The van der Waals surface area contributed by atoms with E-state index in [1.54, 1.807) is 13.8 Å². The molecule has 2 atom stereocenters. The van der Waals surface area contributed by atoms with E-state index in [0.29, 0.717) is 11.1 Å². The molecule has 5 nitrogen and oxygen atoms in total. The van der Waals surface area contributed by atoms with E-state index < -0.39 is 23.5 Å². The first-order valence-electron chi connectivity index (χ1n) is 8.91. The Hall–Kier alpha value is -2.92. The van der Waals surface area contributed by atoms with Gasteiger partial charge in [-0.25, -0.2) is 9.59 Å². The molecule has 0 saturated heterocycles. The zero-order chi connectivity index (χ0) is 19.4. The van der Waals surface area contributed by atoms with Crippen LogP contribution in [0.25, 0.3) is 5.57 Å². The summed E-state index contributed by atoms with van der Waals surface area (Å²) in [5.41, 5.74) is 1.49. The smallest absolute Gasteiger partial charge is 0.336 e. The van der Waals surface area contributed by atoms with Crippen LogP contribution in [0.2, 0.25) is 0 Å². The highest BCUT2D eigenvalue weighted by Crippen LogP contribution is 2.44. The molecule has 0 amide bonds. The third-order valence-corrected chi connectivity index (χ3v) is 4.78. The molecule has 0 aromatic heterocycles. The normalized spacial score (nSPS) is 21.8. The molecule has 27 heavy (non-hydrogen) atoms. The van der Waals surface area contributed by atoms with Gasteiger partial charge in [0, 0.05) is 5.57 Å². The second-order valence-corrected chi connectivity index (χ2v) is 6.48. The molecule has 0 bridgehead atoms. The van der Waals surface area contributed by atoms with Crippen LogP contribution in [0, 0.1) is 0 Å². The number of nitrogens with one attached hydrogen (secondary N) is 1. The van der Waals surface area contributed by atoms with Crippen LogP contribution in [0.4, 0.5) is 0 Å². The summed E-state index contributed by atoms with van der Waals surface area (Å²) in [5, 5.41) is 3.32. The number of esters is 2. The monoisotopic (exact) mass is 365 g/mol. The Morgan fingerprint density at radius 2 is 1.63 bits per heavy atom. The van der Waals surface area contributed by atoms with E-state index in [2.05, 4.69) is 5.32 Å². The molecule has 0 saturated carbocycles. The summed E-state index contributed by atoms with van der Waals surface area (Å²) in [7, 11) is 1.34. The second-order valence-electron chi connectivity index (χ2n) is 6.48. The molecule has 1 aliphatic heterocycles. The van der Waals surface area contributed by atoms with Crippen molar-refractivity contribution >= 4 is 17.5 Å². The SMILES string of the molecule is CCOC(=O)C1=C(c2ccccc2)[C@@](C)(C(=O)OC)N[C@H]1c1ccccc1. The fourth-order valence-corrected chi connectivity index (χ4v) is 3.59. The van der Waals surface area contributed by atoms with Gasteiger partial charge >= 0.3 is 11.9 Å². The van der Waals surface area contributed by atoms with Crippen LogP contribution in [-0.2, 0) is 19.1 Å². The summed E-state index contributed by atoms with van der Waals surface area (Å²) < 4.78 is 10.4. The first-order valence-corrected chi connectivity index (χ1v) is 8.91. The lowest BCUT2D eigenvalue weighted by molar-refractivity contribution is -0.145. The van der Waals surface area contributed by atoms with Crippen LogP contribution in [0.1, 0.15) is 31.0 Å². The molecule has 1 N–H and O–H groups in total. The lowest BCUT2D eigenvalue weighted by atomic mass is 9.85. The number of ether oxygens (including phenoxy) is 2. The van der Waals surface area contributed by atoms with Crippen molar-refractivity contribution in [2.75, 3.05) is 13.7 Å². The van der Waals surface area contributed by atoms with E-state index in [0.717, 1.165) is 11.1 Å². The van der Waals surface area contributed by atoms with Gasteiger partial charge in [-0.2, -0.15) is 0 Å². The van der Waals surface area contributed by atoms with Gasteiger partial charge in [-0.05, 0) is 25.0 Å². The Labute approximate surface area is 159 Å². The zero-order valence-corrected chi connectivity index (χ0v) is 15.7. The first-order chi connectivity index (χ1) is 13.0. The molecule has 0 unspecified atom stereocenters. The van der Waals surface area contributed by atoms with E-state index in [4.69, 9.17) is 9.47 Å². The fraction of sp³-hybridized carbons (Fsp3) is 0.273. The molecular formula is C22H23NO4. The number of methoxy groups -OCH3 is 1. The summed E-state index contributed by atoms with van der Waals surface area (Å²) >= 11 is 0. The van der Waals surface area contributed by atoms with Crippen LogP contribution in [0.15, 0.2) is 66.2 Å². The Kier molecular flexibility index (Phi) is 5.42. The van der Waals surface area contributed by atoms with Gasteiger partial charge in [-0.3, -0.25) is 5.32 Å². The number of hydrogen-bond donors (Lipinski definition) is 1. The number of benzene rings is 2. The summed E-state index contributed by atoms with van der Waals surface area (Å²) in [6.45, 7) is 3.75. The molecule has 3 rings (SSSR count). The number of carbonyl (C=O) groups is 2. The van der Waals surface area contributed by atoms with Gasteiger partial charge in [0.1, 0.15) is 5.54 Å². The molecule has 0 fully saturated rings. The third kappa shape index (κ3) is 3.38. The van der Waals surface area contributed by atoms with E-state index in [9.17, 15) is 9.59 Å². The standard InChI is InChI=1S/C22H23NO4/c1-4-27-20(24)17-18(15-11-7-5-8-12-15)22(2,21(25)26-3)23-19(17)16-13-9-6-10-14-16/h5-14,19,23H,4H2,1-3H3/t19-,22-/m0/s1. The lowest BCUT2D eigenvalue weighted by Gasteiger charge is -2.27. The molecule has 0 radical (unpaired) electrons. The van der Waals surface area contributed by atoms with Crippen LogP contribution < -0.4 is 5.32 Å². The van der Waals surface area contributed by atoms with E-state index in [1.807, 2.05) is 60.7 Å². The highest BCUT2D eigenvalue weighted by Gasteiger charge is 2.51. The van der Waals surface area contributed by atoms with Gasteiger partial charge < -0.3 is 9.47 Å². The highest BCUT2D eigenvalue weighted by atomic mass is 16.5. The fourth-order valence-electron chi connectivity index (χ4n) is 3.59. The summed E-state index contributed by atoms with van der Waals surface area (Å²) in [5.74, 6) is -0.896. The third-order valence-electron chi connectivity index (χ3n) is 4.78. The minimum atomic E-state index is -1.18. The minimum Gasteiger partial charge on any atom is -0.467 e. The minimum absolute atomic E-state index is 0.251. The molecule has 1 heterocycles. The van der Waals surface area contributed by atoms with Crippen LogP contribution in [0.3, 0.4) is 0 Å². The predicted molar refractivity (Wildman–Crippen MR) is 103 cm³/mol. The topological polar surface area (TPSA) is 64.6 Å². The van der Waals surface area contributed by atoms with Crippen molar-refractivity contribution in [2.24, 2.45) is 0 Å². The number of carbonyl (C=O) groups excluding carboxylic acids is 2. The van der Waals surface area contributed by atoms with Crippen molar-refractivity contribution in [1.29, 1.82) is 0 Å². The van der Waals surface area contributed by atoms with Crippen molar-refractivity contribution in [3.05, 3.63) is 77.4 Å². The average molecular weight is 365 g/mol. The highest BCUT2D eigenvalue weighted by molar-refractivity contribution is 6.10.